The molecule has 1 atom stereocenters. The van der Waals surface area contributed by atoms with E-state index in [9.17, 15) is 9.59 Å². The van der Waals surface area contributed by atoms with Crippen LogP contribution in [0.1, 0.15) is 19.8 Å². The topological polar surface area (TPSA) is 92.4 Å². The molecule has 2 amide bonds. The number of carbonyl (C=O) groups is 2. The van der Waals surface area contributed by atoms with E-state index in [1.165, 1.54) is 12.8 Å². The van der Waals surface area contributed by atoms with Gasteiger partial charge in [0.15, 0.2) is 17.2 Å². The molecule has 0 radical (unpaired) electrons. The van der Waals surface area contributed by atoms with Crippen LogP contribution < -0.4 is 25.0 Å². The molecule has 1 saturated heterocycles. The van der Waals surface area contributed by atoms with Crippen LogP contribution in [0.2, 0.25) is 5.02 Å². The van der Waals surface area contributed by atoms with Crippen LogP contribution in [0.5, 0.6) is 17.2 Å². The Morgan fingerprint density at radius 3 is 2.62 bits per heavy atom. The van der Waals surface area contributed by atoms with Crippen LogP contribution in [0.15, 0.2) is 66.7 Å². The highest BCUT2D eigenvalue weighted by molar-refractivity contribution is 6.31. The second kappa shape index (κ2) is 14.4. The van der Waals surface area contributed by atoms with E-state index in [0.717, 1.165) is 18.8 Å². The minimum Gasteiger partial charge on any atom is -0.487 e. The van der Waals surface area contributed by atoms with Crippen LogP contribution in [0, 0.1) is 5.92 Å². The Balaban J connectivity index is 1.24. The minimum atomic E-state index is -0.311. The number of hydrogen-bond donors (Lipinski definition) is 2. The van der Waals surface area contributed by atoms with Crippen LogP contribution in [0.4, 0.5) is 17.1 Å². The summed E-state index contributed by atoms with van der Waals surface area (Å²) in [4.78, 5) is 30.3. The summed E-state index contributed by atoms with van der Waals surface area (Å²) >= 11 is 6.24. The smallest absolute Gasteiger partial charge is 0.238 e. The third-order valence-electron chi connectivity index (χ3n) is 7.23. The van der Waals surface area contributed by atoms with Crippen molar-refractivity contribution in [2.75, 3.05) is 68.1 Å². The number of rotatable bonds is 4. The summed E-state index contributed by atoms with van der Waals surface area (Å²) in [6.45, 7) is 5.74. The molecule has 3 aromatic carbocycles. The fraction of sp³-hybridized carbons (Fsp3) is 0.375. The summed E-state index contributed by atoms with van der Waals surface area (Å²) < 4.78 is 17.8. The standard InChI is InChI=1S/C32H37ClN4O5/c1-23-5-4-14-37(20-23)26-11-9-25(10-12-26)34-31(38)21-36-15-16-40-17-18-41-29-6-2-3-7-30(29)42-28-13-8-24(33)19-27(28)35-32(39)22-36/h2-3,6-13,19,23H,4-5,14-18,20-22H2,1H3,(H,34,38)(H,35,39). The van der Waals surface area contributed by atoms with Gasteiger partial charge < -0.3 is 29.7 Å². The maximum absolute atomic E-state index is 13.1. The molecule has 42 heavy (non-hydrogen) atoms. The number of benzene rings is 3. The first-order valence-electron chi connectivity index (χ1n) is 14.4. The van der Waals surface area contributed by atoms with E-state index >= 15 is 0 Å². The number of halogens is 1. The van der Waals surface area contributed by atoms with Gasteiger partial charge in [0.05, 0.1) is 32.0 Å². The van der Waals surface area contributed by atoms with Gasteiger partial charge in [0.2, 0.25) is 11.8 Å². The van der Waals surface area contributed by atoms with E-state index in [0.29, 0.717) is 65.9 Å². The molecular weight excluding hydrogens is 556 g/mol. The molecule has 0 spiro atoms. The molecule has 0 aromatic heterocycles. The van der Waals surface area contributed by atoms with Crippen molar-refractivity contribution in [3.63, 3.8) is 0 Å². The van der Waals surface area contributed by atoms with Crippen molar-refractivity contribution in [1.29, 1.82) is 0 Å². The van der Waals surface area contributed by atoms with Crippen molar-refractivity contribution < 1.29 is 23.8 Å². The van der Waals surface area contributed by atoms with Gasteiger partial charge in [0, 0.05) is 36.0 Å². The Kier molecular flexibility index (Phi) is 10.2. The van der Waals surface area contributed by atoms with Crippen LogP contribution in [0.3, 0.4) is 0 Å². The lowest BCUT2D eigenvalue weighted by Crippen LogP contribution is -2.40. The van der Waals surface area contributed by atoms with E-state index in [1.54, 1.807) is 29.2 Å². The van der Waals surface area contributed by atoms with Crippen molar-refractivity contribution in [2.24, 2.45) is 5.92 Å². The highest BCUT2D eigenvalue weighted by Crippen LogP contribution is 2.36. The van der Waals surface area contributed by atoms with Crippen LogP contribution in [0.25, 0.3) is 0 Å². The monoisotopic (exact) mass is 592 g/mol. The van der Waals surface area contributed by atoms with Crippen LogP contribution >= 0.6 is 11.6 Å². The van der Waals surface area contributed by atoms with Crippen molar-refractivity contribution in [2.45, 2.75) is 19.8 Å². The zero-order valence-corrected chi connectivity index (χ0v) is 24.6. The summed E-state index contributed by atoms with van der Waals surface area (Å²) in [7, 11) is 0. The summed E-state index contributed by atoms with van der Waals surface area (Å²) in [5.74, 6) is 1.63. The number of nitrogens with zero attached hydrogens (tertiary/aromatic N) is 2. The third-order valence-corrected chi connectivity index (χ3v) is 7.46. The number of amides is 2. The Morgan fingerprint density at radius 2 is 1.81 bits per heavy atom. The lowest BCUT2D eigenvalue weighted by molar-refractivity contribution is -0.120. The molecule has 3 aromatic rings. The number of ether oxygens (including phenoxy) is 3. The maximum atomic E-state index is 13.1. The summed E-state index contributed by atoms with van der Waals surface area (Å²) in [6.07, 6.45) is 2.46. The zero-order valence-electron chi connectivity index (χ0n) is 23.8. The summed E-state index contributed by atoms with van der Waals surface area (Å²) in [5, 5.41) is 6.30. The minimum absolute atomic E-state index is 0.0169. The Hall–Kier alpha value is -3.79. The molecule has 2 aliphatic heterocycles. The fourth-order valence-electron chi connectivity index (χ4n) is 5.16. The highest BCUT2D eigenvalue weighted by Gasteiger charge is 2.19. The zero-order chi connectivity index (χ0) is 29.3. The van der Waals surface area contributed by atoms with Gasteiger partial charge >= 0.3 is 0 Å². The summed E-state index contributed by atoms with van der Waals surface area (Å²) in [6, 6.07) is 20.2. The van der Waals surface area contributed by atoms with Gasteiger partial charge in [-0.1, -0.05) is 30.7 Å². The molecule has 1 unspecified atom stereocenters. The second-order valence-corrected chi connectivity index (χ2v) is 11.1. The molecule has 2 aliphatic rings. The molecule has 9 nitrogen and oxygen atoms in total. The molecule has 10 heteroatoms. The lowest BCUT2D eigenvalue weighted by Gasteiger charge is -2.32. The van der Waals surface area contributed by atoms with Gasteiger partial charge in [-0.05, 0) is 73.4 Å². The molecule has 2 N–H and O–H groups in total. The van der Waals surface area contributed by atoms with Crippen LogP contribution in [-0.4, -0.2) is 69.3 Å². The number of fused-ring (bicyclic) bond motifs is 2. The number of nitrogens with one attached hydrogen (secondary N) is 2. The molecular formula is C32H37ClN4O5. The molecule has 0 bridgehead atoms. The quantitative estimate of drug-likeness (QED) is 0.404. The van der Waals surface area contributed by atoms with E-state index < -0.39 is 0 Å². The normalized spacial score (nSPS) is 18.7. The van der Waals surface area contributed by atoms with Crippen molar-refractivity contribution in [1.82, 2.24) is 4.90 Å². The average molecular weight is 593 g/mol. The second-order valence-electron chi connectivity index (χ2n) is 10.7. The molecule has 5 rings (SSSR count). The first kappa shape index (κ1) is 29.7. The Morgan fingerprint density at radius 1 is 1.00 bits per heavy atom. The van der Waals surface area contributed by atoms with Gasteiger partial charge in [-0.2, -0.15) is 0 Å². The largest absolute Gasteiger partial charge is 0.487 e. The van der Waals surface area contributed by atoms with Gasteiger partial charge in [-0.15, -0.1) is 0 Å². The fourth-order valence-corrected chi connectivity index (χ4v) is 5.33. The number of anilines is 3. The van der Waals surface area contributed by atoms with Crippen LogP contribution in [-0.2, 0) is 14.3 Å². The van der Waals surface area contributed by atoms with Gasteiger partial charge in [0.1, 0.15) is 6.61 Å². The number of carbonyl (C=O) groups excluding carboxylic acids is 2. The van der Waals surface area contributed by atoms with E-state index in [2.05, 4.69) is 22.5 Å². The summed E-state index contributed by atoms with van der Waals surface area (Å²) in [5.41, 5.74) is 2.29. The molecule has 0 saturated carbocycles. The van der Waals surface area contributed by atoms with Gasteiger partial charge in [-0.25, -0.2) is 0 Å². The van der Waals surface area contributed by atoms with E-state index in [-0.39, 0.29) is 24.9 Å². The number of para-hydroxylation sites is 2. The maximum Gasteiger partial charge on any atom is 0.238 e. The third kappa shape index (κ3) is 8.38. The van der Waals surface area contributed by atoms with E-state index in [1.807, 2.05) is 42.5 Å². The van der Waals surface area contributed by atoms with E-state index in [4.69, 9.17) is 25.8 Å². The Labute approximate surface area is 251 Å². The highest BCUT2D eigenvalue weighted by atomic mass is 35.5. The molecule has 1 fully saturated rings. The Bertz CT molecular complexity index is 1370. The van der Waals surface area contributed by atoms with Crippen molar-refractivity contribution >= 4 is 40.5 Å². The average Bonchev–Trinajstić information content (AvgIpc) is 2.97. The van der Waals surface area contributed by atoms with Gasteiger partial charge in [0.25, 0.3) is 0 Å². The molecule has 2 heterocycles. The molecule has 222 valence electrons. The predicted octanol–water partition coefficient (Wildman–Crippen LogP) is 5.66. The van der Waals surface area contributed by atoms with Gasteiger partial charge in [-0.3, -0.25) is 14.5 Å². The number of piperidine rings is 1. The van der Waals surface area contributed by atoms with Crippen molar-refractivity contribution in [3.05, 3.63) is 71.8 Å². The first-order chi connectivity index (χ1) is 20.4. The SMILES string of the molecule is CC1CCCN(c2ccc(NC(=O)CN3CCOCCOc4ccccc4Oc4ccc(Cl)cc4NC(=O)C3)cc2)C1. The van der Waals surface area contributed by atoms with Crippen molar-refractivity contribution in [3.8, 4) is 17.2 Å². The predicted molar refractivity (Wildman–Crippen MR) is 165 cm³/mol. The molecule has 0 aliphatic carbocycles. The first-order valence-corrected chi connectivity index (χ1v) is 14.7. The lowest BCUT2D eigenvalue weighted by atomic mass is 10.00. The number of hydrogen-bond acceptors (Lipinski definition) is 7.